The monoisotopic (exact) mass is 355 g/mol. The number of hydrogen-bond acceptors (Lipinski definition) is 5. The normalized spacial score (nSPS) is 16.3. The van der Waals surface area contributed by atoms with Gasteiger partial charge in [-0.15, -0.1) is 0 Å². The molecule has 0 unspecified atom stereocenters. The van der Waals surface area contributed by atoms with Crippen LogP contribution < -0.4 is 10.1 Å². The van der Waals surface area contributed by atoms with Gasteiger partial charge < -0.3 is 14.8 Å². The largest absolute Gasteiger partial charge is 0.496 e. The molecule has 136 valence electrons. The van der Waals surface area contributed by atoms with Crippen molar-refractivity contribution >= 4 is 12.0 Å². The Morgan fingerprint density at radius 3 is 2.88 bits per heavy atom. The first-order valence-corrected chi connectivity index (χ1v) is 8.42. The third kappa shape index (κ3) is 4.11. The number of pyridine rings is 1. The van der Waals surface area contributed by atoms with Gasteiger partial charge in [-0.05, 0) is 18.2 Å². The molecule has 1 saturated heterocycles. The highest BCUT2D eigenvalue weighted by molar-refractivity contribution is 5.87. The molecule has 1 aliphatic rings. The summed E-state index contributed by atoms with van der Waals surface area (Å²) in [6.45, 7) is 0.744. The zero-order chi connectivity index (χ0) is 18.4. The van der Waals surface area contributed by atoms with Crippen LogP contribution in [-0.2, 0) is 22.5 Å². The number of para-hydroxylation sites is 1. The van der Waals surface area contributed by atoms with Crippen LogP contribution in [0.1, 0.15) is 11.3 Å². The van der Waals surface area contributed by atoms with E-state index in [-0.39, 0.29) is 19.1 Å². The number of methoxy groups -OCH3 is 1. The van der Waals surface area contributed by atoms with E-state index in [9.17, 15) is 9.59 Å². The minimum absolute atomic E-state index is 0.0450. The van der Waals surface area contributed by atoms with Crippen LogP contribution in [0.15, 0.2) is 48.7 Å². The van der Waals surface area contributed by atoms with Crippen molar-refractivity contribution in [3.8, 4) is 5.75 Å². The Kier molecular flexibility index (Phi) is 5.68. The van der Waals surface area contributed by atoms with Crippen LogP contribution in [-0.4, -0.2) is 48.2 Å². The maximum Gasteiger partial charge on any atom is 0.410 e. The van der Waals surface area contributed by atoms with Crippen molar-refractivity contribution in [2.45, 2.75) is 19.0 Å². The van der Waals surface area contributed by atoms with E-state index in [0.29, 0.717) is 18.7 Å². The predicted octanol–water partition coefficient (Wildman–Crippen LogP) is 1.77. The number of amides is 2. The van der Waals surface area contributed by atoms with Crippen LogP contribution in [0.4, 0.5) is 4.79 Å². The second-order valence-electron chi connectivity index (χ2n) is 5.89. The number of benzene rings is 1. The third-order valence-electron chi connectivity index (χ3n) is 4.22. The standard InChI is InChI=1S/C19H21N3O4/c1-25-17-8-3-2-6-14(17)12-22-16(13-26-19(22)24)18(23)21-11-9-15-7-4-5-10-20-15/h2-8,10,16H,9,11-13H2,1H3,(H,21,23)/t16-/m0/s1. The van der Waals surface area contributed by atoms with Crippen molar-refractivity contribution in [1.82, 2.24) is 15.2 Å². The molecule has 3 rings (SSSR count). The lowest BCUT2D eigenvalue weighted by molar-refractivity contribution is -0.124. The van der Waals surface area contributed by atoms with Gasteiger partial charge in [0.05, 0.1) is 13.7 Å². The van der Waals surface area contributed by atoms with E-state index in [1.807, 2.05) is 42.5 Å². The lowest BCUT2D eigenvalue weighted by Gasteiger charge is -2.21. The Morgan fingerprint density at radius 1 is 1.31 bits per heavy atom. The number of ether oxygens (including phenoxy) is 2. The van der Waals surface area contributed by atoms with Gasteiger partial charge in [0.1, 0.15) is 18.4 Å². The Morgan fingerprint density at radius 2 is 2.12 bits per heavy atom. The van der Waals surface area contributed by atoms with Crippen molar-refractivity contribution in [1.29, 1.82) is 0 Å². The predicted molar refractivity (Wildman–Crippen MR) is 94.6 cm³/mol. The van der Waals surface area contributed by atoms with Crippen molar-refractivity contribution in [3.63, 3.8) is 0 Å². The van der Waals surface area contributed by atoms with Gasteiger partial charge in [0.25, 0.3) is 0 Å². The summed E-state index contributed by atoms with van der Waals surface area (Å²) in [4.78, 5) is 30.2. The highest BCUT2D eigenvalue weighted by atomic mass is 16.6. The highest BCUT2D eigenvalue weighted by Crippen LogP contribution is 2.23. The second-order valence-corrected chi connectivity index (χ2v) is 5.89. The molecule has 1 atom stereocenters. The molecule has 1 fully saturated rings. The molecule has 1 aromatic heterocycles. The fourth-order valence-electron chi connectivity index (χ4n) is 2.84. The first-order chi connectivity index (χ1) is 12.7. The average molecular weight is 355 g/mol. The van der Waals surface area contributed by atoms with Crippen molar-refractivity contribution in [2.75, 3.05) is 20.3 Å². The van der Waals surface area contributed by atoms with Crippen molar-refractivity contribution in [3.05, 3.63) is 59.9 Å². The second kappa shape index (κ2) is 8.33. The van der Waals surface area contributed by atoms with Gasteiger partial charge in [0.15, 0.2) is 0 Å². The number of nitrogens with one attached hydrogen (secondary N) is 1. The number of nitrogens with zero attached hydrogens (tertiary/aromatic N) is 2. The summed E-state index contributed by atoms with van der Waals surface area (Å²) < 4.78 is 10.4. The Hall–Kier alpha value is -3.09. The molecule has 1 N–H and O–H groups in total. The maximum absolute atomic E-state index is 12.5. The summed E-state index contributed by atoms with van der Waals surface area (Å²) in [5.74, 6) is 0.434. The number of carbonyl (C=O) groups excluding carboxylic acids is 2. The van der Waals surface area contributed by atoms with Crippen LogP contribution in [0.2, 0.25) is 0 Å². The van der Waals surface area contributed by atoms with Crippen LogP contribution >= 0.6 is 0 Å². The molecule has 0 spiro atoms. The number of cyclic esters (lactones) is 1. The lowest BCUT2D eigenvalue weighted by atomic mass is 10.1. The summed E-state index contributed by atoms with van der Waals surface area (Å²) in [6, 6.07) is 12.4. The average Bonchev–Trinajstić information content (AvgIpc) is 3.03. The molecule has 1 aliphatic heterocycles. The smallest absolute Gasteiger partial charge is 0.410 e. The summed E-state index contributed by atoms with van der Waals surface area (Å²) in [7, 11) is 1.57. The lowest BCUT2D eigenvalue weighted by Crippen LogP contribution is -2.45. The molecule has 7 heteroatoms. The van der Waals surface area contributed by atoms with Gasteiger partial charge in [-0.25, -0.2) is 4.79 Å². The van der Waals surface area contributed by atoms with E-state index >= 15 is 0 Å². The first kappa shape index (κ1) is 17.7. The van der Waals surface area contributed by atoms with Gasteiger partial charge in [0.2, 0.25) is 5.91 Å². The Balaban J connectivity index is 1.60. The molecule has 2 heterocycles. The molecule has 26 heavy (non-hydrogen) atoms. The third-order valence-corrected chi connectivity index (χ3v) is 4.22. The SMILES string of the molecule is COc1ccccc1CN1C(=O)OC[C@H]1C(=O)NCCc1ccccn1. The number of aromatic nitrogens is 1. The summed E-state index contributed by atoms with van der Waals surface area (Å²) in [5, 5.41) is 2.85. The van der Waals surface area contributed by atoms with Crippen LogP contribution in [0.5, 0.6) is 5.75 Å². The molecule has 7 nitrogen and oxygen atoms in total. The zero-order valence-corrected chi connectivity index (χ0v) is 14.6. The topological polar surface area (TPSA) is 80.8 Å². The zero-order valence-electron chi connectivity index (χ0n) is 14.6. The van der Waals surface area contributed by atoms with Gasteiger partial charge >= 0.3 is 6.09 Å². The molecule has 2 amide bonds. The quantitative estimate of drug-likeness (QED) is 0.819. The Bertz CT molecular complexity index is 766. The number of rotatable bonds is 7. The van der Waals surface area contributed by atoms with Gasteiger partial charge in [0, 0.05) is 30.4 Å². The summed E-state index contributed by atoms with van der Waals surface area (Å²) in [5.41, 5.74) is 1.72. The molecule has 2 aromatic rings. The van der Waals surface area contributed by atoms with Gasteiger partial charge in [-0.1, -0.05) is 24.3 Å². The van der Waals surface area contributed by atoms with E-state index < -0.39 is 12.1 Å². The molecule has 0 bridgehead atoms. The van der Waals surface area contributed by atoms with E-state index in [2.05, 4.69) is 10.3 Å². The minimum atomic E-state index is -0.656. The fraction of sp³-hybridized carbons (Fsp3) is 0.316. The van der Waals surface area contributed by atoms with Gasteiger partial charge in [-0.3, -0.25) is 14.7 Å². The van der Waals surface area contributed by atoms with Crippen LogP contribution in [0.25, 0.3) is 0 Å². The molecule has 0 saturated carbocycles. The molecule has 1 aromatic carbocycles. The van der Waals surface area contributed by atoms with E-state index in [1.165, 1.54) is 4.90 Å². The highest BCUT2D eigenvalue weighted by Gasteiger charge is 2.38. The van der Waals surface area contributed by atoms with E-state index in [4.69, 9.17) is 9.47 Å². The fourth-order valence-corrected chi connectivity index (χ4v) is 2.84. The van der Waals surface area contributed by atoms with Gasteiger partial charge in [-0.2, -0.15) is 0 Å². The molecule has 0 radical (unpaired) electrons. The molecular formula is C19H21N3O4. The maximum atomic E-state index is 12.5. The molecular weight excluding hydrogens is 334 g/mol. The number of hydrogen-bond donors (Lipinski definition) is 1. The molecule has 0 aliphatic carbocycles. The summed E-state index contributed by atoms with van der Waals surface area (Å²) >= 11 is 0. The van der Waals surface area contributed by atoms with Crippen LogP contribution in [0.3, 0.4) is 0 Å². The number of carbonyl (C=O) groups is 2. The van der Waals surface area contributed by atoms with Crippen molar-refractivity contribution < 1.29 is 19.1 Å². The van der Waals surface area contributed by atoms with Crippen LogP contribution in [0, 0.1) is 0 Å². The minimum Gasteiger partial charge on any atom is -0.496 e. The Labute approximate surface area is 151 Å². The first-order valence-electron chi connectivity index (χ1n) is 8.42. The van der Waals surface area contributed by atoms with E-state index in [1.54, 1.807) is 13.3 Å². The van der Waals surface area contributed by atoms with Crippen molar-refractivity contribution in [2.24, 2.45) is 0 Å². The van der Waals surface area contributed by atoms with E-state index in [0.717, 1.165) is 11.3 Å². The summed E-state index contributed by atoms with van der Waals surface area (Å²) in [6.07, 6.45) is 1.84.